The standard InChI is InChI=1S/C15H22N2O2/c1-17(2)9-12-3-5-13(6-4-12)14(19)16-10-15(11-18)7-8-15/h3-6,18H,7-11H2,1-2H3,(H,16,19). The normalized spacial score (nSPS) is 16.4. The van der Waals surface area contributed by atoms with Crippen LogP contribution in [0.15, 0.2) is 24.3 Å². The molecule has 104 valence electrons. The number of carbonyl (C=O) groups is 1. The van der Waals surface area contributed by atoms with E-state index in [1.807, 2.05) is 38.4 Å². The number of hydrogen-bond acceptors (Lipinski definition) is 3. The number of nitrogens with zero attached hydrogens (tertiary/aromatic N) is 1. The molecule has 0 saturated heterocycles. The number of rotatable bonds is 6. The lowest BCUT2D eigenvalue weighted by Crippen LogP contribution is -2.31. The number of aliphatic hydroxyl groups is 1. The Labute approximate surface area is 114 Å². The van der Waals surface area contributed by atoms with E-state index in [0.717, 1.165) is 19.4 Å². The van der Waals surface area contributed by atoms with Crippen LogP contribution >= 0.6 is 0 Å². The van der Waals surface area contributed by atoms with Crippen molar-refractivity contribution in [1.82, 2.24) is 10.2 Å². The van der Waals surface area contributed by atoms with Crippen LogP contribution in [-0.4, -0.2) is 43.2 Å². The third kappa shape index (κ3) is 3.78. The van der Waals surface area contributed by atoms with E-state index in [1.165, 1.54) is 5.56 Å². The molecule has 0 aromatic heterocycles. The van der Waals surface area contributed by atoms with Crippen molar-refractivity contribution >= 4 is 5.91 Å². The minimum absolute atomic E-state index is 0.0411. The predicted molar refractivity (Wildman–Crippen MR) is 74.9 cm³/mol. The zero-order valence-corrected chi connectivity index (χ0v) is 11.6. The van der Waals surface area contributed by atoms with Crippen LogP contribution in [0.5, 0.6) is 0 Å². The van der Waals surface area contributed by atoms with Gasteiger partial charge < -0.3 is 15.3 Å². The van der Waals surface area contributed by atoms with Gasteiger partial charge in [0, 0.05) is 24.1 Å². The van der Waals surface area contributed by atoms with Crippen LogP contribution in [0, 0.1) is 5.41 Å². The number of amides is 1. The van der Waals surface area contributed by atoms with E-state index < -0.39 is 0 Å². The fourth-order valence-electron chi connectivity index (χ4n) is 2.06. The van der Waals surface area contributed by atoms with E-state index in [0.29, 0.717) is 12.1 Å². The van der Waals surface area contributed by atoms with Crippen molar-refractivity contribution in [1.29, 1.82) is 0 Å². The maximum Gasteiger partial charge on any atom is 0.251 e. The number of carbonyl (C=O) groups excluding carboxylic acids is 1. The average molecular weight is 262 g/mol. The molecule has 0 atom stereocenters. The SMILES string of the molecule is CN(C)Cc1ccc(C(=O)NCC2(CO)CC2)cc1. The van der Waals surface area contributed by atoms with Gasteiger partial charge in [-0.2, -0.15) is 0 Å². The summed E-state index contributed by atoms with van der Waals surface area (Å²) in [5.41, 5.74) is 1.83. The topological polar surface area (TPSA) is 52.6 Å². The quantitative estimate of drug-likeness (QED) is 0.811. The summed E-state index contributed by atoms with van der Waals surface area (Å²) in [6, 6.07) is 7.67. The zero-order chi connectivity index (χ0) is 13.9. The summed E-state index contributed by atoms with van der Waals surface area (Å²) < 4.78 is 0. The molecule has 0 unspecified atom stereocenters. The van der Waals surface area contributed by atoms with Crippen molar-refractivity contribution in [3.8, 4) is 0 Å². The van der Waals surface area contributed by atoms with Crippen LogP contribution in [0.1, 0.15) is 28.8 Å². The average Bonchev–Trinajstić information content (AvgIpc) is 3.17. The highest BCUT2D eigenvalue weighted by Gasteiger charge is 2.42. The molecule has 1 saturated carbocycles. The summed E-state index contributed by atoms with van der Waals surface area (Å²) in [5, 5.41) is 12.1. The van der Waals surface area contributed by atoms with Gasteiger partial charge >= 0.3 is 0 Å². The summed E-state index contributed by atoms with van der Waals surface area (Å²) in [5.74, 6) is -0.0591. The molecular weight excluding hydrogens is 240 g/mol. The van der Waals surface area contributed by atoms with Gasteiger partial charge in [-0.05, 0) is 44.6 Å². The first-order chi connectivity index (χ1) is 9.04. The lowest BCUT2D eigenvalue weighted by atomic mass is 10.1. The summed E-state index contributed by atoms with van der Waals surface area (Å²) in [4.78, 5) is 14.1. The van der Waals surface area contributed by atoms with Gasteiger partial charge in [0.2, 0.25) is 0 Å². The molecule has 0 radical (unpaired) electrons. The van der Waals surface area contributed by atoms with Gasteiger partial charge in [0.15, 0.2) is 0 Å². The van der Waals surface area contributed by atoms with Crippen LogP contribution in [0.4, 0.5) is 0 Å². The minimum atomic E-state index is -0.0591. The maximum absolute atomic E-state index is 12.0. The highest BCUT2D eigenvalue weighted by molar-refractivity contribution is 5.94. The van der Waals surface area contributed by atoms with Crippen molar-refractivity contribution in [2.75, 3.05) is 27.2 Å². The maximum atomic E-state index is 12.0. The monoisotopic (exact) mass is 262 g/mol. The molecule has 1 fully saturated rings. The minimum Gasteiger partial charge on any atom is -0.396 e. The number of nitrogens with one attached hydrogen (secondary N) is 1. The molecule has 4 nitrogen and oxygen atoms in total. The molecule has 1 aliphatic rings. The van der Waals surface area contributed by atoms with Crippen molar-refractivity contribution < 1.29 is 9.90 Å². The van der Waals surface area contributed by atoms with Crippen LogP contribution in [0.3, 0.4) is 0 Å². The molecule has 1 aromatic rings. The van der Waals surface area contributed by atoms with Crippen molar-refractivity contribution in [2.45, 2.75) is 19.4 Å². The van der Waals surface area contributed by atoms with Crippen molar-refractivity contribution in [3.63, 3.8) is 0 Å². The zero-order valence-electron chi connectivity index (χ0n) is 11.6. The molecule has 4 heteroatoms. The van der Waals surface area contributed by atoms with Gasteiger partial charge in [0.05, 0.1) is 6.61 Å². The molecule has 2 N–H and O–H groups in total. The largest absolute Gasteiger partial charge is 0.396 e. The van der Waals surface area contributed by atoms with E-state index in [9.17, 15) is 9.90 Å². The molecule has 19 heavy (non-hydrogen) atoms. The first kappa shape index (κ1) is 14.0. The Morgan fingerprint density at radius 2 is 1.95 bits per heavy atom. The highest BCUT2D eigenvalue weighted by atomic mass is 16.3. The van der Waals surface area contributed by atoms with Gasteiger partial charge in [-0.3, -0.25) is 4.79 Å². The second-order valence-corrected chi connectivity index (χ2v) is 5.78. The Bertz CT molecular complexity index is 436. The first-order valence-electron chi connectivity index (χ1n) is 6.67. The Morgan fingerprint density at radius 1 is 1.32 bits per heavy atom. The lowest BCUT2D eigenvalue weighted by molar-refractivity contribution is 0.0935. The molecule has 0 spiro atoms. The van der Waals surface area contributed by atoms with Gasteiger partial charge in [-0.15, -0.1) is 0 Å². The van der Waals surface area contributed by atoms with E-state index in [1.54, 1.807) is 0 Å². The number of aliphatic hydroxyl groups excluding tert-OH is 1. The van der Waals surface area contributed by atoms with Gasteiger partial charge in [-0.1, -0.05) is 12.1 Å². The van der Waals surface area contributed by atoms with Crippen LogP contribution in [0.2, 0.25) is 0 Å². The molecule has 0 heterocycles. The number of hydrogen-bond donors (Lipinski definition) is 2. The fourth-order valence-corrected chi connectivity index (χ4v) is 2.06. The summed E-state index contributed by atoms with van der Waals surface area (Å²) in [6.45, 7) is 1.60. The van der Waals surface area contributed by atoms with Crippen LogP contribution < -0.4 is 5.32 Å². The molecule has 0 aliphatic heterocycles. The van der Waals surface area contributed by atoms with Crippen molar-refractivity contribution in [2.24, 2.45) is 5.41 Å². The van der Waals surface area contributed by atoms with Crippen molar-refractivity contribution in [3.05, 3.63) is 35.4 Å². The molecule has 0 bridgehead atoms. The second kappa shape index (κ2) is 5.72. The lowest BCUT2D eigenvalue weighted by Gasteiger charge is -2.13. The van der Waals surface area contributed by atoms with E-state index >= 15 is 0 Å². The Morgan fingerprint density at radius 3 is 2.42 bits per heavy atom. The van der Waals surface area contributed by atoms with Gasteiger partial charge in [0.1, 0.15) is 0 Å². The Hall–Kier alpha value is -1.39. The second-order valence-electron chi connectivity index (χ2n) is 5.78. The van der Waals surface area contributed by atoms with Crippen LogP contribution in [0.25, 0.3) is 0 Å². The highest BCUT2D eigenvalue weighted by Crippen LogP contribution is 2.44. The van der Waals surface area contributed by atoms with Crippen LogP contribution in [-0.2, 0) is 6.54 Å². The van der Waals surface area contributed by atoms with E-state index in [-0.39, 0.29) is 17.9 Å². The molecular formula is C15H22N2O2. The summed E-state index contributed by atoms with van der Waals surface area (Å²) in [6.07, 6.45) is 2.01. The fraction of sp³-hybridized carbons (Fsp3) is 0.533. The van der Waals surface area contributed by atoms with E-state index in [4.69, 9.17) is 0 Å². The van der Waals surface area contributed by atoms with Gasteiger partial charge in [0.25, 0.3) is 5.91 Å². The Balaban J connectivity index is 1.88. The third-order valence-corrected chi connectivity index (χ3v) is 3.63. The summed E-state index contributed by atoms with van der Waals surface area (Å²) >= 11 is 0. The smallest absolute Gasteiger partial charge is 0.251 e. The van der Waals surface area contributed by atoms with Gasteiger partial charge in [-0.25, -0.2) is 0 Å². The summed E-state index contributed by atoms with van der Waals surface area (Å²) in [7, 11) is 4.04. The van der Waals surface area contributed by atoms with E-state index in [2.05, 4.69) is 10.2 Å². The predicted octanol–water partition coefficient (Wildman–Crippen LogP) is 1.25. The molecule has 1 aromatic carbocycles. The third-order valence-electron chi connectivity index (χ3n) is 3.63. The first-order valence-corrected chi connectivity index (χ1v) is 6.67. The molecule has 2 rings (SSSR count). The Kier molecular flexibility index (Phi) is 4.22. The molecule has 1 aliphatic carbocycles. The number of benzene rings is 1. The molecule has 1 amide bonds.